The van der Waals surface area contributed by atoms with Crippen molar-refractivity contribution in [2.75, 3.05) is 13.7 Å². The van der Waals surface area contributed by atoms with Crippen LogP contribution in [0.15, 0.2) is 12.7 Å². The predicted octanol–water partition coefficient (Wildman–Crippen LogP) is 0.789. The first-order chi connectivity index (χ1) is 8.19. The summed E-state index contributed by atoms with van der Waals surface area (Å²) in [7, 11) is 1.31. The van der Waals surface area contributed by atoms with E-state index in [0.717, 1.165) is 6.42 Å². The van der Waals surface area contributed by atoms with Gasteiger partial charge in [0.2, 0.25) is 5.91 Å². The van der Waals surface area contributed by atoms with Crippen LogP contribution in [0.25, 0.3) is 0 Å². The van der Waals surface area contributed by atoms with Crippen LogP contribution in [0.3, 0.4) is 0 Å². The second kappa shape index (κ2) is 7.06. The largest absolute Gasteiger partial charge is 0.467 e. The second-order valence-corrected chi connectivity index (χ2v) is 3.95. The molecule has 0 spiro atoms. The van der Waals surface area contributed by atoms with E-state index in [4.69, 9.17) is 4.74 Å². The summed E-state index contributed by atoms with van der Waals surface area (Å²) >= 11 is 0. The molecule has 5 nitrogen and oxygen atoms in total. The van der Waals surface area contributed by atoms with Gasteiger partial charge in [0.15, 0.2) is 0 Å². The van der Waals surface area contributed by atoms with Gasteiger partial charge < -0.3 is 14.8 Å². The minimum atomic E-state index is -0.616. The highest BCUT2D eigenvalue weighted by atomic mass is 16.5. The number of carbonyl (C=O) groups is 2. The summed E-state index contributed by atoms with van der Waals surface area (Å²) in [5.41, 5.74) is 0. The number of ether oxygens (including phenoxy) is 2. The third kappa shape index (κ3) is 4.19. The number of esters is 1. The van der Waals surface area contributed by atoms with Crippen molar-refractivity contribution < 1.29 is 19.1 Å². The second-order valence-electron chi connectivity index (χ2n) is 3.95. The number of hydrogen-bond donors (Lipinski definition) is 1. The van der Waals surface area contributed by atoms with Gasteiger partial charge in [-0.05, 0) is 25.7 Å². The Balaban J connectivity index is 2.48. The van der Waals surface area contributed by atoms with E-state index in [0.29, 0.717) is 25.9 Å². The number of allylic oxidation sites excluding steroid dienone is 1. The van der Waals surface area contributed by atoms with Gasteiger partial charge in [-0.25, -0.2) is 4.79 Å². The summed E-state index contributed by atoms with van der Waals surface area (Å²) in [6.07, 6.45) is 4.01. The maximum absolute atomic E-state index is 11.8. The third-order valence-electron chi connectivity index (χ3n) is 2.68. The molecule has 17 heavy (non-hydrogen) atoms. The zero-order chi connectivity index (χ0) is 12.7. The molecule has 0 bridgehead atoms. The van der Waals surface area contributed by atoms with Crippen molar-refractivity contribution in [1.82, 2.24) is 5.32 Å². The van der Waals surface area contributed by atoms with Gasteiger partial charge >= 0.3 is 5.97 Å². The molecule has 1 N–H and O–H groups in total. The quantitative estimate of drug-likeness (QED) is 0.551. The highest BCUT2D eigenvalue weighted by molar-refractivity contribution is 5.87. The van der Waals surface area contributed by atoms with Gasteiger partial charge in [-0.15, -0.1) is 6.58 Å². The molecule has 1 heterocycles. The van der Waals surface area contributed by atoms with E-state index in [2.05, 4.69) is 16.6 Å². The van der Waals surface area contributed by atoms with E-state index in [-0.39, 0.29) is 5.91 Å². The Bertz CT molecular complexity index is 284. The Labute approximate surface area is 101 Å². The van der Waals surface area contributed by atoms with E-state index in [9.17, 15) is 9.59 Å². The topological polar surface area (TPSA) is 64.6 Å². The molecule has 0 saturated carbocycles. The van der Waals surface area contributed by atoms with Gasteiger partial charge in [-0.2, -0.15) is 0 Å². The maximum Gasteiger partial charge on any atom is 0.328 e. The van der Waals surface area contributed by atoms with Crippen LogP contribution in [0.2, 0.25) is 0 Å². The van der Waals surface area contributed by atoms with Crippen molar-refractivity contribution in [3.63, 3.8) is 0 Å². The van der Waals surface area contributed by atoms with Crippen LogP contribution < -0.4 is 5.32 Å². The lowest BCUT2D eigenvalue weighted by atomic mass is 10.1. The molecule has 96 valence electrons. The smallest absolute Gasteiger partial charge is 0.328 e. The monoisotopic (exact) mass is 241 g/mol. The molecule has 1 aliphatic heterocycles. The van der Waals surface area contributed by atoms with Crippen LogP contribution >= 0.6 is 0 Å². The molecule has 0 aliphatic carbocycles. The van der Waals surface area contributed by atoms with Crippen LogP contribution in [-0.4, -0.2) is 37.7 Å². The van der Waals surface area contributed by atoms with E-state index < -0.39 is 18.1 Å². The molecule has 0 radical (unpaired) electrons. The number of methoxy groups -OCH3 is 1. The fourth-order valence-corrected chi connectivity index (χ4v) is 1.72. The molecule has 0 unspecified atom stereocenters. The van der Waals surface area contributed by atoms with Crippen LogP contribution in [0.4, 0.5) is 0 Å². The molecular weight excluding hydrogens is 222 g/mol. The fraction of sp³-hybridized carbons (Fsp3) is 0.667. The molecule has 1 rings (SSSR count). The van der Waals surface area contributed by atoms with Crippen LogP contribution in [0.5, 0.6) is 0 Å². The van der Waals surface area contributed by atoms with E-state index in [1.165, 1.54) is 7.11 Å². The van der Waals surface area contributed by atoms with Crippen molar-refractivity contribution >= 4 is 11.9 Å². The van der Waals surface area contributed by atoms with Crippen LogP contribution in [-0.2, 0) is 19.1 Å². The SMILES string of the molecule is C=CCC[C@@H](NC(=O)[C@@H]1CCCO1)C(=O)OC. The lowest BCUT2D eigenvalue weighted by molar-refractivity contribution is -0.146. The molecule has 1 aliphatic rings. The zero-order valence-electron chi connectivity index (χ0n) is 10.1. The summed E-state index contributed by atoms with van der Waals surface area (Å²) in [5, 5.41) is 2.66. The van der Waals surface area contributed by atoms with E-state index in [1.54, 1.807) is 6.08 Å². The summed E-state index contributed by atoms with van der Waals surface area (Å²) in [4.78, 5) is 23.2. The first-order valence-electron chi connectivity index (χ1n) is 5.79. The minimum absolute atomic E-state index is 0.234. The van der Waals surface area contributed by atoms with Gasteiger partial charge in [0.25, 0.3) is 0 Å². The van der Waals surface area contributed by atoms with Crippen LogP contribution in [0.1, 0.15) is 25.7 Å². The third-order valence-corrected chi connectivity index (χ3v) is 2.68. The van der Waals surface area contributed by atoms with Crippen molar-refractivity contribution in [3.05, 3.63) is 12.7 Å². The number of hydrogen-bond acceptors (Lipinski definition) is 4. The molecule has 0 aromatic heterocycles. The van der Waals surface area contributed by atoms with Crippen molar-refractivity contribution in [2.45, 2.75) is 37.8 Å². The van der Waals surface area contributed by atoms with Gasteiger partial charge in [0.05, 0.1) is 7.11 Å². The first-order valence-corrected chi connectivity index (χ1v) is 5.79. The Kier molecular flexibility index (Phi) is 5.69. The Morgan fingerprint density at radius 1 is 1.65 bits per heavy atom. The minimum Gasteiger partial charge on any atom is -0.467 e. The predicted molar refractivity (Wildman–Crippen MR) is 62.4 cm³/mol. The number of rotatable bonds is 6. The summed E-state index contributed by atoms with van der Waals surface area (Å²) in [5.74, 6) is -0.667. The molecule has 1 fully saturated rings. The lowest BCUT2D eigenvalue weighted by Crippen LogP contribution is -2.45. The fourth-order valence-electron chi connectivity index (χ4n) is 1.72. The first kappa shape index (κ1) is 13.7. The summed E-state index contributed by atoms with van der Waals surface area (Å²) in [6, 6.07) is -0.616. The molecular formula is C12H19NO4. The molecule has 1 saturated heterocycles. The number of carbonyl (C=O) groups excluding carboxylic acids is 2. The Morgan fingerprint density at radius 3 is 2.94 bits per heavy atom. The average molecular weight is 241 g/mol. The average Bonchev–Trinajstić information content (AvgIpc) is 2.87. The molecule has 5 heteroatoms. The number of nitrogens with one attached hydrogen (secondary N) is 1. The standard InChI is InChI=1S/C12H19NO4/c1-3-4-6-9(12(15)16-2)13-11(14)10-7-5-8-17-10/h3,9-10H,1,4-8H2,2H3,(H,13,14)/t9-,10+/m1/s1. The van der Waals surface area contributed by atoms with Crippen molar-refractivity contribution in [1.29, 1.82) is 0 Å². The van der Waals surface area contributed by atoms with Gasteiger partial charge in [0, 0.05) is 6.61 Å². The maximum atomic E-state index is 11.8. The Morgan fingerprint density at radius 2 is 2.41 bits per heavy atom. The number of amides is 1. The van der Waals surface area contributed by atoms with Crippen molar-refractivity contribution in [3.8, 4) is 0 Å². The molecule has 0 aromatic carbocycles. The van der Waals surface area contributed by atoms with Crippen LogP contribution in [0, 0.1) is 0 Å². The molecule has 1 amide bonds. The molecule has 2 atom stereocenters. The summed E-state index contributed by atoms with van der Waals surface area (Å²) < 4.78 is 9.89. The van der Waals surface area contributed by atoms with Crippen molar-refractivity contribution in [2.24, 2.45) is 0 Å². The van der Waals surface area contributed by atoms with Gasteiger partial charge in [-0.1, -0.05) is 6.08 Å². The zero-order valence-corrected chi connectivity index (χ0v) is 10.1. The van der Waals surface area contributed by atoms with Gasteiger partial charge in [0.1, 0.15) is 12.1 Å². The highest BCUT2D eigenvalue weighted by Gasteiger charge is 2.28. The van der Waals surface area contributed by atoms with E-state index >= 15 is 0 Å². The highest BCUT2D eigenvalue weighted by Crippen LogP contribution is 2.12. The summed E-state index contributed by atoms with van der Waals surface area (Å²) in [6.45, 7) is 4.19. The normalized spacial score (nSPS) is 20.6. The Hall–Kier alpha value is -1.36. The van der Waals surface area contributed by atoms with Gasteiger partial charge in [-0.3, -0.25) is 4.79 Å². The lowest BCUT2D eigenvalue weighted by Gasteiger charge is -2.18. The van der Waals surface area contributed by atoms with E-state index in [1.807, 2.05) is 0 Å². The molecule has 0 aromatic rings.